The van der Waals surface area contributed by atoms with Crippen LogP contribution in [0.5, 0.6) is 0 Å². The van der Waals surface area contributed by atoms with Gasteiger partial charge in [0.25, 0.3) is 0 Å². The molecule has 0 unspecified atom stereocenters. The van der Waals surface area contributed by atoms with Crippen LogP contribution in [0.2, 0.25) is 0 Å². The van der Waals surface area contributed by atoms with Gasteiger partial charge in [-0.2, -0.15) is 0 Å². The smallest absolute Gasteiger partial charge is 0.180 e. The molecule has 1 rings (SSSR count). The summed E-state index contributed by atoms with van der Waals surface area (Å²) in [5.41, 5.74) is 0.174. The summed E-state index contributed by atoms with van der Waals surface area (Å²) in [4.78, 5) is 10.1. The van der Waals surface area contributed by atoms with Crippen LogP contribution in [0, 0.1) is 4.91 Å². The van der Waals surface area contributed by atoms with Crippen molar-refractivity contribution in [2.24, 2.45) is 5.18 Å². The molecule has 14 heavy (non-hydrogen) atoms. The summed E-state index contributed by atoms with van der Waals surface area (Å²) < 4.78 is 22.7. The number of rotatable bonds is 4. The Morgan fingerprint density at radius 1 is 1.21 bits per heavy atom. The van der Waals surface area contributed by atoms with E-state index in [9.17, 15) is 13.3 Å². The lowest BCUT2D eigenvalue weighted by atomic mass is 10.3. The number of aliphatic hydroxyl groups is 1. The standard InChI is InChI=1S/C8H9NO4S/c10-5-6-14(12,13)8-3-1-7(9-11)2-4-8/h1-4,10H,5-6H2. The molecule has 0 saturated heterocycles. The molecule has 0 heterocycles. The minimum atomic E-state index is -3.43. The Hall–Kier alpha value is -1.27. The molecule has 0 amide bonds. The molecule has 0 bridgehead atoms. The van der Waals surface area contributed by atoms with Crippen molar-refractivity contribution in [3.8, 4) is 0 Å². The highest BCUT2D eigenvalue weighted by Gasteiger charge is 2.12. The molecule has 1 aromatic rings. The summed E-state index contributed by atoms with van der Waals surface area (Å²) in [6, 6.07) is 5.22. The van der Waals surface area contributed by atoms with Crippen LogP contribution >= 0.6 is 0 Å². The van der Waals surface area contributed by atoms with Gasteiger partial charge in [-0.3, -0.25) is 0 Å². The number of benzene rings is 1. The SMILES string of the molecule is O=Nc1ccc(S(=O)(=O)CCO)cc1. The third-order valence-corrected chi connectivity index (χ3v) is 3.37. The van der Waals surface area contributed by atoms with Crippen LogP contribution in [0.4, 0.5) is 5.69 Å². The van der Waals surface area contributed by atoms with E-state index in [0.717, 1.165) is 0 Å². The second kappa shape index (κ2) is 4.30. The number of nitroso groups, excluding NO2 is 1. The van der Waals surface area contributed by atoms with Crippen molar-refractivity contribution < 1.29 is 13.5 Å². The molecule has 0 aliphatic heterocycles. The molecule has 0 fully saturated rings. The van der Waals surface area contributed by atoms with Crippen LogP contribution in [0.15, 0.2) is 34.3 Å². The fourth-order valence-electron chi connectivity index (χ4n) is 0.952. The summed E-state index contributed by atoms with van der Waals surface area (Å²) in [5.74, 6) is -0.319. The van der Waals surface area contributed by atoms with E-state index in [4.69, 9.17) is 5.11 Å². The summed E-state index contributed by atoms with van der Waals surface area (Å²) in [5, 5.41) is 11.2. The maximum Gasteiger partial charge on any atom is 0.180 e. The number of hydrogen-bond acceptors (Lipinski definition) is 5. The third kappa shape index (κ3) is 2.36. The highest BCUT2D eigenvalue weighted by Crippen LogP contribution is 2.16. The third-order valence-electron chi connectivity index (χ3n) is 1.66. The molecule has 0 aliphatic rings. The van der Waals surface area contributed by atoms with E-state index in [0.29, 0.717) is 0 Å². The lowest BCUT2D eigenvalue weighted by molar-refractivity contribution is 0.319. The molecule has 0 spiro atoms. The molecule has 5 nitrogen and oxygen atoms in total. The molecular weight excluding hydrogens is 206 g/mol. The van der Waals surface area contributed by atoms with E-state index in [1.807, 2.05) is 0 Å². The number of aliphatic hydroxyl groups excluding tert-OH is 1. The van der Waals surface area contributed by atoms with Crippen molar-refractivity contribution in [2.75, 3.05) is 12.4 Å². The zero-order valence-corrected chi connectivity index (χ0v) is 8.07. The van der Waals surface area contributed by atoms with Gasteiger partial charge in [0, 0.05) is 0 Å². The van der Waals surface area contributed by atoms with E-state index >= 15 is 0 Å². The van der Waals surface area contributed by atoms with Crippen molar-refractivity contribution in [3.05, 3.63) is 29.2 Å². The molecule has 76 valence electrons. The van der Waals surface area contributed by atoms with E-state index in [-0.39, 0.29) is 16.3 Å². The van der Waals surface area contributed by atoms with Crippen molar-refractivity contribution in [2.45, 2.75) is 4.90 Å². The van der Waals surface area contributed by atoms with Gasteiger partial charge in [0.2, 0.25) is 0 Å². The molecule has 0 radical (unpaired) electrons. The average molecular weight is 215 g/mol. The first-order chi connectivity index (χ1) is 6.60. The van der Waals surface area contributed by atoms with Crippen LogP contribution < -0.4 is 0 Å². The van der Waals surface area contributed by atoms with E-state index in [1.54, 1.807) is 0 Å². The minimum absolute atomic E-state index is 0.0824. The number of hydrogen-bond donors (Lipinski definition) is 1. The Morgan fingerprint density at radius 2 is 1.79 bits per heavy atom. The van der Waals surface area contributed by atoms with Crippen molar-refractivity contribution >= 4 is 15.5 Å². The molecule has 1 N–H and O–H groups in total. The van der Waals surface area contributed by atoms with Gasteiger partial charge in [-0.15, -0.1) is 4.91 Å². The highest BCUT2D eigenvalue weighted by molar-refractivity contribution is 7.91. The second-order valence-electron chi connectivity index (χ2n) is 2.63. The van der Waals surface area contributed by atoms with Gasteiger partial charge in [0.05, 0.1) is 17.3 Å². The lowest BCUT2D eigenvalue weighted by Gasteiger charge is -2.01. The maximum absolute atomic E-state index is 11.4. The first kappa shape index (κ1) is 10.8. The maximum atomic E-state index is 11.4. The zero-order chi connectivity index (χ0) is 10.6. The van der Waals surface area contributed by atoms with Gasteiger partial charge in [-0.25, -0.2) is 8.42 Å². The Morgan fingerprint density at radius 3 is 2.21 bits per heavy atom. The molecular formula is C8H9NO4S. The Bertz CT molecular complexity index is 409. The average Bonchev–Trinajstić information content (AvgIpc) is 2.18. The van der Waals surface area contributed by atoms with Crippen LogP contribution in [-0.4, -0.2) is 25.9 Å². The summed E-state index contributed by atoms with van der Waals surface area (Å²) in [7, 11) is -3.43. The normalized spacial score (nSPS) is 11.2. The summed E-state index contributed by atoms with van der Waals surface area (Å²) in [6.07, 6.45) is 0. The molecule has 0 aliphatic carbocycles. The van der Waals surface area contributed by atoms with Crippen LogP contribution in [0.25, 0.3) is 0 Å². The van der Waals surface area contributed by atoms with E-state index in [2.05, 4.69) is 5.18 Å². The lowest BCUT2D eigenvalue weighted by Crippen LogP contribution is -2.09. The quantitative estimate of drug-likeness (QED) is 0.754. The van der Waals surface area contributed by atoms with Gasteiger partial charge in [0.15, 0.2) is 9.84 Å². The topological polar surface area (TPSA) is 83.8 Å². The molecule has 0 saturated carbocycles. The zero-order valence-electron chi connectivity index (χ0n) is 7.25. The Labute approximate surface area is 81.3 Å². The van der Waals surface area contributed by atoms with E-state index in [1.165, 1.54) is 24.3 Å². The first-order valence-corrected chi connectivity index (χ1v) is 5.52. The largest absolute Gasteiger partial charge is 0.395 e. The van der Waals surface area contributed by atoms with Crippen molar-refractivity contribution in [1.82, 2.24) is 0 Å². The summed E-state index contributed by atoms with van der Waals surface area (Å²) >= 11 is 0. The fraction of sp³-hybridized carbons (Fsp3) is 0.250. The fourth-order valence-corrected chi connectivity index (χ4v) is 1.98. The van der Waals surface area contributed by atoms with Gasteiger partial charge in [-0.1, -0.05) is 0 Å². The van der Waals surface area contributed by atoms with Crippen molar-refractivity contribution in [1.29, 1.82) is 0 Å². The minimum Gasteiger partial charge on any atom is -0.395 e. The number of nitrogens with zero attached hydrogens (tertiary/aromatic N) is 1. The second-order valence-corrected chi connectivity index (χ2v) is 4.74. The highest BCUT2D eigenvalue weighted by atomic mass is 32.2. The van der Waals surface area contributed by atoms with Gasteiger partial charge < -0.3 is 5.11 Å². The summed E-state index contributed by atoms with van der Waals surface area (Å²) in [6.45, 7) is -0.421. The Balaban J connectivity index is 3.03. The first-order valence-electron chi connectivity index (χ1n) is 3.87. The van der Waals surface area contributed by atoms with Gasteiger partial charge >= 0.3 is 0 Å². The Kier molecular flexibility index (Phi) is 3.32. The molecule has 6 heteroatoms. The van der Waals surface area contributed by atoms with Crippen LogP contribution in [0.3, 0.4) is 0 Å². The number of sulfone groups is 1. The van der Waals surface area contributed by atoms with Gasteiger partial charge in [-0.05, 0) is 29.4 Å². The van der Waals surface area contributed by atoms with Gasteiger partial charge in [0.1, 0.15) is 5.69 Å². The van der Waals surface area contributed by atoms with E-state index < -0.39 is 16.4 Å². The molecule has 1 aromatic carbocycles. The van der Waals surface area contributed by atoms with Crippen LogP contribution in [0.1, 0.15) is 0 Å². The predicted octanol–water partition coefficient (Wildman–Crippen LogP) is 0.851. The predicted molar refractivity (Wildman–Crippen MR) is 51.0 cm³/mol. The van der Waals surface area contributed by atoms with Crippen molar-refractivity contribution in [3.63, 3.8) is 0 Å². The molecule has 0 atom stereocenters. The van der Waals surface area contributed by atoms with Crippen LogP contribution in [-0.2, 0) is 9.84 Å². The molecule has 0 aromatic heterocycles. The monoisotopic (exact) mass is 215 g/mol.